The van der Waals surface area contributed by atoms with Gasteiger partial charge >= 0.3 is 0 Å². The zero-order valence-electron chi connectivity index (χ0n) is 13.4. The van der Waals surface area contributed by atoms with Gasteiger partial charge in [0.05, 0.1) is 24.9 Å². The molecular weight excluding hydrogens is 306 g/mol. The third kappa shape index (κ3) is 2.69. The van der Waals surface area contributed by atoms with Crippen molar-refractivity contribution < 1.29 is 9.84 Å². The number of anilines is 1. The van der Waals surface area contributed by atoms with Crippen molar-refractivity contribution in [3.63, 3.8) is 0 Å². The van der Waals surface area contributed by atoms with Crippen LogP contribution in [0.5, 0.6) is 0 Å². The molecule has 2 aliphatic heterocycles. The summed E-state index contributed by atoms with van der Waals surface area (Å²) in [5, 5.41) is 15.4. The summed E-state index contributed by atoms with van der Waals surface area (Å²) in [6, 6.07) is 11.3. The van der Waals surface area contributed by atoms with E-state index in [0.29, 0.717) is 12.0 Å². The number of aliphatic hydroxyl groups excluding tert-OH is 1. The molecule has 3 heterocycles. The first-order valence-corrected chi connectivity index (χ1v) is 9.37. The molecule has 0 spiro atoms. The summed E-state index contributed by atoms with van der Waals surface area (Å²) in [5.74, 6) is 0.427. The number of aryl methyl sites for hydroxylation is 1. The maximum Gasteiger partial charge on any atom is 0.0901 e. The van der Waals surface area contributed by atoms with Crippen molar-refractivity contribution in [2.75, 3.05) is 11.9 Å². The van der Waals surface area contributed by atoms with Crippen LogP contribution in [0.2, 0.25) is 0 Å². The molecule has 23 heavy (non-hydrogen) atoms. The predicted molar refractivity (Wildman–Crippen MR) is 93.9 cm³/mol. The molecule has 1 aromatic heterocycles. The average molecular weight is 329 g/mol. The van der Waals surface area contributed by atoms with Crippen molar-refractivity contribution in [3.05, 3.63) is 51.7 Å². The molecule has 122 valence electrons. The van der Waals surface area contributed by atoms with Crippen LogP contribution < -0.4 is 5.32 Å². The Morgan fingerprint density at radius 1 is 1.30 bits per heavy atom. The van der Waals surface area contributed by atoms with Crippen molar-refractivity contribution in [2.24, 2.45) is 5.92 Å². The minimum absolute atomic E-state index is 0.0310. The molecule has 2 aliphatic rings. The highest BCUT2D eigenvalue weighted by molar-refractivity contribution is 7.10. The van der Waals surface area contributed by atoms with E-state index in [1.54, 1.807) is 11.3 Å². The number of rotatable bonds is 3. The molecule has 0 unspecified atom stereocenters. The number of thiophene rings is 1. The number of aliphatic hydroxyl groups is 1. The molecule has 4 heteroatoms. The predicted octanol–water partition coefficient (Wildman–Crippen LogP) is 4.31. The van der Waals surface area contributed by atoms with Gasteiger partial charge in [-0.3, -0.25) is 0 Å². The van der Waals surface area contributed by atoms with Crippen LogP contribution in [0.4, 0.5) is 5.69 Å². The van der Waals surface area contributed by atoms with E-state index in [1.165, 1.54) is 21.7 Å². The molecule has 0 aliphatic carbocycles. The molecule has 1 aromatic carbocycles. The Kier molecular flexibility index (Phi) is 4.14. The smallest absolute Gasteiger partial charge is 0.0901 e. The summed E-state index contributed by atoms with van der Waals surface area (Å²) >= 11 is 1.81. The minimum atomic E-state index is -0.0310. The van der Waals surface area contributed by atoms with E-state index in [1.807, 2.05) is 0 Å². The summed E-state index contributed by atoms with van der Waals surface area (Å²) in [6.45, 7) is 2.30. The van der Waals surface area contributed by atoms with E-state index in [2.05, 4.69) is 48.0 Å². The highest BCUT2D eigenvalue weighted by Gasteiger charge is 2.42. The first-order chi connectivity index (χ1) is 11.3. The van der Waals surface area contributed by atoms with Crippen molar-refractivity contribution >= 4 is 17.0 Å². The van der Waals surface area contributed by atoms with Crippen molar-refractivity contribution in [1.29, 1.82) is 0 Å². The quantitative estimate of drug-likeness (QED) is 0.882. The Bertz CT molecular complexity index is 670. The van der Waals surface area contributed by atoms with Crippen molar-refractivity contribution in [3.8, 4) is 0 Å². The van der Waals surface area contributed by atoms with E-state index >= 15 is 0 Å². The molecule has 0 radical (unpaired) electrons. The lowest BCUT2D eigenvalue weighted by molar-refractivity contribution is -0.109. The van der Waals surface area contributed by atoms with Crippen molar-refractivity contribution in [1.82, 2.24) is 0 Å². The molecule has 0 bridgehead atoms. The summed E-state index contributed by atoms with van der Waals surface area (Å²) in [6.07, 6.45) is 3.10. The number of hydrogen-bond donors (Lipinski definition) is 2. The van der Waals surface area contributed by atoms with Gasteiger partial charge < -0.3 is 15.2 Å². The molecular formula is C19H23NO2S. The van der Waals surface area contributed by atoms with Gasteiger partial charge in [0.1, 0.15) is 0 Å². The molecule has 2 N–H and O–H groups in total. The second-order valence-electron chi connectivity index (χ2n) is 6.52. The standard InChI is InChI=1S/C19H23NO2S/c1-2-12-5-8-16-15(10-12)19-14(7-6-13(11-21)22-19)18(20-16)17-4-3-9-23-17/h3-5,8-10,13-14,18-21H,2,6-7,11H2,1H3/t13-,14+,18-,19+/m1/s1. The monoisotopic (exact) mass is 329 g/mol. The zero-order valence-corrected chi connectivity index (χ0v) is 14.2. The van der Waals surface area contributed by atoms with Crippen LogP contribution in [0.25, 0.3) is 0 Å². The number of fused-ring (bicyclic) bond motifs is 3. The Morgan fingerprint density at radius 3 is 2.96 bits per heavy atom. The normalized spacial score (nSPS) is 29.5. The van der Waals surface area contributed by atoms with E-state index in [9.17, 15) is 5.11 Å². The molecule has 0 saturated carbocycles. The highest BCUT2D eigenvalue weighted by Crippen LogP contribution is 2.51. The summed E-state index contributed by atoms with van der Waals surface area (Å²) in [4.78, 5) is 1.37. The number of nitrogens with one attached hydrogen (secondary N) is 1. The van der Waals surface area contributed by atoms with E-state index in [-0.39, 0.29) is 18.8 Å². The summed E-state index contributed by atoms with van der Waals surface area (Å²) in [7, 11) is 0. The average Bonchev–Trinajstić information content (AvgIpc) is 3.14. The van der Waals surface area contributed by atoms with Gasteiger partial charge in [-0.1, -0.05) is 25.1 Å². The fourth-order valence-electron chi connectivity index (χ4n) is 3.91. The summed E-state index contributed by atoms with van der Waals surface area (Å²) in [5.41, 5.74) is 3.79. The minimum Gasteiger partial charge on any atom is -0.394 e. The fraction of sp³-hybridized carbons (Fsp3) is 0.474. The van der Waals surface area contributed by atoms with Gasteiger partial charge in [-0.25, -0.2) is 0 Å². The molecule has 1 saturated heterocycles. The Hall–Kier alpha value is -1.36. The maximum atomic E-state index is 9.54. The van der Waals surface area contributed by atoms with Crippen LogP contribution in [0, 0.1) is 5.92 Å². The van der Waals surface area contributed by atoms with Crippen LogP contribution in [-0.4, -0.2) is 17.8 Å². The second-order valence-corrected chi connectivity index (χ2v) is 7.49. The van der Waals surface area contributed by atoms with Crippen molar-refractivity contribution in [2.45, 2.75) is 44.4 Å². The largest absolute Gasteiger partial charge is 0.394 e. The SMILES string of the molecule is CCc1ccc2c(c1)[C@H]1O[C@@H](CO)CC[C@H]1[C@H](c1cccs1)N2. The van der Waals surface area contributed by atoms with Gasteiger partial charge in [0, 0.05) is 22.0 Å². The van der Waals surface area contributed by atoms with Crippen LogP contribution in [-0.2, 0) is 11.2 Å². The molecule has 2 aromatic rings. The van der Waals surface area contributed by atoms with Gasteiger partial charge in [0.15, 0.2) is 0 Å². The third-order valence-corrected chi connectivity index (χ3v) is 6.13. The van der Waals surface area contributed by atoms with Crippen LogP contribution in [0.3, 0.4) is 0 Å². The molecule has 3 nitrogen and oxygen atoms in total. The van der Waals surface area contributed by atoms with E-state index < -0.39 is 0 Å². The fourth-order valence-corrected chi connectivity index (χ4v) is 4.76. The van der Waals surface area contributed by atoms with Gasteiger partial charge in [-0.2, -0.15) is 0 Å². The van der Waals surface area contributed by atoms with E-state index in [4.69, 9.17) is 4.74 Å². The first-order valence-electron chi connectivity index (χ1n) is 8.49. The Balaban J connectivity index is 1.75. The lowest BCUT2D eigenvalue weighted by Crippen LogP contribution is -2.39. The number of ether oxygens (including phenoxy) is 1. The first kappa shape index (κ1) is 15.2. The molecule has 1 fully saturated rings. The lowest BCUT2D eigenvalue weighted by atomic mass is 9.78. The van der Waals surface area contributed by atoms with Gasteiger partial charge in [0.25, 0.3) is 0 Å². The topological polar surface area (TPSA) is 41.5 Å². The molecule has 0 amide bonds. The van der Waals surface area contributed by atoms with Gasteiger partial charge in [-0.05, 0) is 42.3 Å². The van der Waals surface area contributed by atoms with E-state index in [0.717, 1.165) is 19.3 Å². The second kappa shape index (κ2) is 6.27. The highest BCUT2D eigenvalue weighted by atomic mass is 32.1. The maximum absolute atomic E-state index is 9.54. The molecule has 4 atom stereocenters. The van der Waals surface area contributed by atoms with Gasteiger partial charge in [0.2, 0.25) is 0 Å². The van der Waals surface area contributed by atoms with Crippen LogP contribution in [0.1, 0.15) is 47.9 Å². The van der Waals surface area contributed by atoms with Crippen LogP contribution in [0.15, 0.2) is 35.7 Å². The van der Waals surface area contributed by atoms with Gasteiger partial charge in [-0.15, -0.1) is 11.3 Å². The zero-order chi connectivity index (χ0) is 15.8. The Labute approximate surface area is 141 Å². The molecule has 4 rings (SSSR count). The van der Waals surface area contributed by atoms with Crippen LogP contribution >= 0.6 is 11.3 Å². The number of benzene rings is 1. The number of hydrogen-bond acceptors (Lipinski definition) is 4. The lowest BCUT2D eigenvalue weighted by Gasteiger charge is -2.45. The summed E-state index contributed by atoms with van der Waals surface area (Å²) < 4.78 is 6.31. The Morgan fingerprint density at radius 2 is 2.22 bits per heavy atom. The third-order valence-electron chi connectivity index (χ3n) is 5.17.